The van der Waals surface area contributed by atoms with Gasteiger partial charge in [-0.15, -0.1) is 0 Å². The lowest BCUT2D eigenvalue weighted by Gasteiger charge is -1.99. The van der Waals surface area contributed by atoms with E-state index in [0.29, 0.717) is 0 Å². The monoisotopic (exact) mass is 276 g/mol. The molecule has 0 bridgehead atoms. The molecule has 1 aromatic carbocycles. The Morgan fingerprint density at radius 3 is 1.95 bits per heavy atom. The first kappa shape index (κ1) is 15.5. The Morgan fingerprint density at radius 1 is 1.10 bits per heavy atom. The van der Waals surface area contributed by atoms with E-state index in [2.05, 4.69) is 29.6 Å². The highest BCUT2D eigenvalue weighted by Crippen LogP contribution is 2.13. The molecule has 6 nitrogen and oxygen atoms in total. The maximum absolute atomic E-state index is 9.85. The Bertz CT molecular complexity index is 507. The smallest absolute Gasteiger partial charge is 0.321 e. The predicted octanol–water partition coefficient (Wildman–Crippen LogP) is 1.10. The largest absolute Gasteiger partial charge is 0.481 e. The molecule has 0 aliphatic carbocycles. The highest BCUT2D eigenvalue weighted by molar-refractivity contribution is 5.80. The molecule has 0 fully saturated rings. The van der Waals surface area contributed by atoms with Gasteiger partial charge in [-0.05, 0) is 23.3 Å². The first-order chi connectivity index (χ1) is 9.50. The molecule has 6 heteroatoms. The van der Waals surface area contributed by atoms with Gasteiger partial charge in [-0.1, -0.05) is 24.3 Å². The third-order valence-corrected chi connectivity index (χ3v) is 2.43. The van der Waals surface area contributed by atoms with Gasteiger partial charge in [0.25, 0.3) is 0 Å². The number of carboxylic acid groups (broad SMARTS) is 2. The number of carbonyl (C=O) groups is 2. The summed E-state index contributed by atoms with van der Waals surface area (Å²) in [5.74, 6) is -2.50. The lowest BCUT2D eigenvalue weighted by Crippen LogP contribution is -2.32. The van der Waals surface area contributed by atoms with Gasteiger partial charge in [-0.25, -0.2) is 0 Å². The second-order valence-corrected chi connectivity index (χ2v) is 4.00. The number of nitrogens with one attached hydrogen (secondary N) is 1. The van der Waals surface area contributed by atoms with Gasteiger partial charge in [0.05, 0.1) is 6.42 Å². The number of carboxylic acids is 2. The molecule has 20 heavy (non-hydrogen) atoms. The number of aliphatic carboxylic acids is 2. The number of hydrogen-bond acceptors (Lipinski definition) is 4. The van der Waals surface area contributed by atoms with Gasteiger partial charge < -0.3 is 21.3 Å². The molecule has 0 spiro atoms. The number of hydrogen-bond donors (Lipinski definition) is 4. The maximum Gasteiger partial charge on any atom is 0.321 e. The van der Waals surface area contributed by atoms with Crippen LogP contribution < -0.4 is 11.1 Å². The SMILES string of the molecule is C1=Cc2ccccc2C=CN1.N[C@@H](CC(=O)O)C(=O)O. The molecule has 0 saturated heterocycles. The van der Waals surface area contributed by atoms with Crippen molar-refractivity contribution in [1.29, 1.82) is 0 Å². The van der Waals surface area contributed by atoms with Gasteiger partial charge in [-0.2, -0.15) is 0 Å². The van der Waals surface area contributed by atoms with Gasteiger partial charge in [0.15, 0.2) is 0 Å². The maximum atomic E-state index is 9.85. The van der Waals surface area contributed by atoms with E-state index in [-0.39, 0.29) is 0 Å². The topological polar surface area (TPSA) is 113 Å². The van der Waals surface area contributed by atoms with Gasteiger partial charge in [0, 0.05) is 12.4 Å². The molecule has 2 rings (SSSR count). The molecule has 0 unspecified atom stereocenters. The van der Waals surface area contributed by atoms with Crippen LogP contribution in [0.25, 0.3) is 12.2 Å². The zero-order valence-electron chi connectivity index (χ0n) is 10.7. The van der Waals surface area contributed by atoms with Crippen molar-refractivity contribution in [2.75, 3.05) is 0 Å². The summed E-state index contributed by atoms with van der Waals surface area (Å²) >= 11 is 0. The van der Waals surface area contributed by atoms with Crippen LogP contribution in [0.15, 0.2) is 36.7 Å². The van der Waals surface area contributed by atoms with Gasteiger partial charge in [-0.3, -0.25) is 9.59 Å². The van der Waals surface area contributed by atoms with E-state index in [9.17, 15) is 9.59 Å². The van der Waals surface area contributed by atoms with E-state index in [4.69, 9.17) is 15.9 Å². The average Bonchev–Trinajstić information content (AvgIpc) is 2.63. The van der Waals surface area contributed by atoms with Crippen molar-refractivity contribution in [3.63, 3.8) is 0 Å². The Balaban J connectivity index is 0.000000206. The van der Waals surface area contributed by atoms with Crippen LogP contribution in [0.3, 0.4) is 0 Å². The molecule has 0 aromatic heterocycles. The summed E-state index contributed by atoms with van der Waals surface area (Å²) in [7, 11) is 0. The van der Waals surface area contributed by atoms with Gasteiger partial charge in [0.1, 0.15) is 6.04 Å². The number of fused-ring (bicyclic) bond motifs is 1. The first-order valence-electron chi connectivity index (χ1n) is 5.89. The van der Waals surface area contributed by atoms with Crippen LogP contribution in [-0.4, -0.2) is 28.2 Å². The second-order valence-electron chi connectivity index (χ2n) is 4.00. The summed E-state index contributed by atoms with van der Waals surface area (Å²) in [5.41, 5.74) is 7.35. The highest BCUT2D eigenvalue weighted by atomic mass is 16.4. The molecule has 106 valence electrons. The Hall–Kier alpha value is -2.60. The normalized spacial score (nSPS) is 13.1. The zero-order valence-corrected chi connectivity index (χ0v) is 10.7. The second kappa shape index (κ2) is 7.75. The third kappa shape index (κ3) is 5.36. The molecule has 1 aliphatic heterocycles. The molecular weight excluding hydrogens is 260 g/mol. The summed E-state index contributed by atoms with van der Waals surface area (Å²) in [6, 6.07) is 7.00. The predicted molar refractivity (Wildman–Crippen MR) is 75.5 cm³/mol. The number of nitrogens with two attached hydrogens (primary N) is 1. The van der Waals surface area contributed by atoms with E-state index < -0.39 is 24.4 Å². The zero-order chi connectivity index (χ0) is 15.0. The number of benzene rings is 1. The van der Waals surface area contributed by atoms with Crippen molar-refractivity contribution in [2.24, 2.45) is 5.73 Å². The molecule has 0 saturated carbocycles. The van der Waals surface area contributed by atoms with Crippen molar-refractivity contribution in [2.45, 2.75) is 12.5 Å². The van der Waals surface area contributed by atoms with Crippen LogP contribution in [0.1, 0.15) is 17.5 Å². The standard InChI is InChI=1S/C10H9N.C4H7NO4/c1-2-4-10-6-8-11-7-5-9(10)3-1;5-2(4(8)9)1-3(6)7/h1-8,11H;2H,1,5H2,(H,6,7)(H,8,9)/t;2-/m.0/s1. The first-order valence-corrected chi connectivity index (χ1v) is 5.89. The third-order valence-electron chi connectivity index (χ3n) is 2.43. The minimum atomic E-state index is -1.29. The summed E-state index contributed by atoms with van der Waals surface area (Å²) in [6.07, 6.45) is 7.46. The van der Waals surface area contributed by atoms with E-state index >= 15 is 0 Å². The van der Waals surface area contributed by atoms with Gasteiger partial charge in [0.2, 0.25) is 0 Å². The van der Waals surface area contributed by atoms with Crippen molar-refractivity contribution in [3.8, 4) is 0 Å². The van der Waals surface area contributed by atoms with Crippen molar-refractivity contribution in [1.82, 2.24) is 5.32 Å². The van der Waals surface area contributed by atoms with E-state index in [0.717, 1.165) is 0 Å². The van der Waals surface area contributed by atoms with E-state index in [1.54, 1.807) is 0 Å². The fraction of sp³-hybridized carbons (Fsp3) is 0.143. The highest BCUT2D eigenvalue weighted by Gasteiger charge is 2.14. The summed E-state index contributed by atoms with van der Waals surface area (Å²) in [4.78, 5) is 19.6. The molecule has 1 heterocycles. The van der Waals surface area contributed by atoms with E-state index in [1.807, 2.05) is 24.5 Å². The molecule has 1 aromatic rings. The van der Waals surface area contributed by atoms with Crippen LogP contribution in [0.4, 0.5) is 0 Å². The molecule has 1 atom stereocenters. The lowest BCUT2D eigenvalue weighted by atomic mass is 10.1. The Morgan fingerprint density at radius 2 is 1.60 bits per heavy atom. The fourth-order valence-electron chi connectivity index (χ4n) is 1.42. The summed E-state index contributed by atoms with van der Waals surface area (Å²) in [5, 5.41) is 19.1. The van der Waals surface area contributed by atoms with Crippen LogP contribution in [0, 0.1) is 0 Å². The molecule has 5 N–H and O–H groups in total. The quantitative estimate of drug-likeness (QED) is 0.657. The van der Waals surface area contributed by atoms with Crippen LogP contribution in [0.2, 0.25) is 0 Å². The minimum Gasteiger partial charge on any atom is -0.481 e. The average molecular weight is 276 g/mol. The van der Waals surface area contributed by atoms with Crippen LogP contribution >= 0.6 is 0 Å². The van der Waals surface area contributed by atoms with Gasteiger partial charge >= 0.3 is 11.9 Å². The van der Waals surface area contributed by atoms with Crippen molar-refractivity contribution >= 4 is 24.1 Å². The van der Waals surface area contributed by atoms with Crippen LogP contribution in [0.5, 0.6) is 0 Å². The Kier molecular flexibility index (Phi) is 5.99. The van der Waals surface area contributed by atoms with Crippen molar-refractivity contribution < 1.29 is 19.8 Å². The summed E-state index contributed by atoms with van der Waals surface area (Å²) in [6.45, 7) is 0. The van der Waals surface area contributed by atoms with E-state index in [1.165, 1.54) is 11.1 Å². The molecule has 0 amide bonds. The van der Waals surface area contributed by atoms with Crippen molar-refractivity contribution in [3.05, 3.63) is 47.8 Å². The summed E-state index contributed by atoms with van der Waals surface area (Å²) < 4.78 is 0. The fourth-order valence-corrected chi connectivity index (χ4v) is 1.42. The number of rotatable bonds is 3. The molecule has 0 radical (unpaired) electrons. The Labute approximate surface area is 116 Å². The minimum absolute atomic E-state index is 0.532. The molecular formula is C14H16N2O4. The molecule has 1 aliphatic rings. The lowest BCUT2D eigenvalue weighted by molar-refractivity contribution is -0.144. The van der Waals surface area contributed by atoms with Crippen LogP contribution in [-0.2, 0) is 9.59 Å².